The van der Waals surface area contributed by atoms with E-state index in [9.17, 15) is 9.18 Å². The maximum Gasteiger partial charge on any atom is 0.414 e. The lowest BCUT2D eigenvalue weighted by atomic mass is 10.0. The molecule has 1 fully saturated rings. The van der Waals surface area contributed by atoms with Gasteiger partial charge in [-0.2, -0.15) is 0 Å². The van der Waals surface area contributed by atoms with Crippen molar-refractivity contribution in [2.45, 2.75) is 12.7 Å². The second-order valence-electron chi connectivity index (χ2n) is 6.16. The molecule has 137 valence electrons. The van der Waals surface area contributed by atoms with Crippen LogP contribution in [0.2, 0.25) is 0 Å². The SMILES string of the molecule is [CH2][C@H]1CN(c2ccc(-c3ccc(-c4nc(CO)cs4)cc3)c(F)c2)C(=O)O1. The number of aliphatic hydroxyl groups excluding tert-OH is 1. The molecule has 1 saturated heterocycles. The van der Waals surface area contributed by atoms with Crippen LogP contribution in [0.25, 0.3) is 21.7 Å². The Morgan fingerprint density at radius 2 is 2.00 bits per heavy atom. The zero-order valence-corrected chi connectivity index (χ0v) is 15.1. The third-order valence-corrected chi connectivity index (χ3v) is 5.24. The molecule has 1 atom stereocenters. The highest BCUT2D eigenvalue weighted by Crippen LogP contribution is 2.31. The summed E-state index contributed by atoms with van der Waals surface area (Å²) in [5, 5.41) is 11.7. The molecule has 0 saturated carbocycles. The molecule has 1 amide bonds. The van der Waals surface area contributed by atoms with Crippen LogP contribution in [0.4, 0.5) is 14.9 Å². The van der Waals surface area contributed by atoms with Crippen LogP contribution in [-0.2, 0) is 11.3 Å². The predicted octanol–water partition coefficient (Wildman–Crippen LogP) is 4.27. The second kappa shape index (κ2) is 7.09. The largest absolute Gasteiger partial charge is 0.444 e. The number of thiazole rings is 1. The summed E-state index contributed by atoms with van der Waals surface area (Å²) in [7, 11) is 0. The fourth-order valence-corrected chi connectivity index (χ4v) is 3.76. The Bertz CT molecular complexity index is 987. The summed E-state index contributed by atoms with van der Waals surface area (Å²) in [4.78, 5) is 17.5. The van der Waals surface area contributed by atoms with Gasteiger partial charge >= 0.3 is 6.09 Å². The van der Waals surface area contributed by atoms with Crippen molar-refractivity contribution in [2.75, 3.05) is 11.4 Å². The van der Waals surface area contributed by atoms with Crippen LogP contribution in [0.3, 0.4) is 0 Å². The van der Waals surface area contributed by atoms with Crippen molar-refractivity contribution in [2.24, 2.45) is 0 Å². The number of rotatable bonds is 4. The van der Waals surface area contributed by atoms with Crippen LogP contribution >= 0.6 is 11.3 Å². The van der Waals surface area contributed by atoms with Crippen molar-refractivity contribution in [1.29, 1.82) is 0 Å². The van der Waals surface area contributed by atoms with E-state index in [0.29, 0.717) is 23.5 Å². The number of amides is 1. The quantitative estimate of drug-likeness (QED) is 0.731. The molecule has 0 aliphatic carbocycles. The maximum absolute atomic E-state index is 14.7. The van der Waals surface area contributed by atoms with Gasteiger partial charge in [-0.25, -0.2) is 14.2 Å². The molecular formula is C20H16FN2O3S. The molecule has 1 radical (unpaired) electrons. The lowest BCUT2D eigenvalue weighted by molar-refractivity contribution is 0.159. The van der Waals surface area contributed by atoms with Gasteiger partial charge in [0, 0.05) is 16.5 Å². The van der Waals surface area contributed by atoms with E-state index >= 15 is 0 Å². The number of aromatic nitrogens is 1. The standard InChI is InChI=1S/C20H16FN2O3S/c1-12-9-23(20(25)26-12)16-6-7-17(18(21)8-16)13-2-4-14(5-3-13)19-22-15(10-24)11-27-19/h2-8,11-12,24H,1,9-10H2/t12-/m0/s1. The minimum Gasteiger partial charge on any atom is -0.444 e. The number of benzene rings is 2. The zero-order valence-electron chi connectivity index (χ0n) is 14.3. The highest BCUT2D eigenvalue weighted by molar-refractivity contribution is 7.13. The first-order chi connectivity index (χ1) is 13.0. The average Bonchev–Trinajstić information content (AvgIpc) is 3.28. The second-order valence-corrected chi connectivity index (χ2v) is 7.02. The molecule has 0 bridgehead atoms. The van der Waals surface area contributed by atoms with Crippen LogP contribution in [0.1, 0.15) is 5.69 Å². The average molecular weight is 383 g/mol. The lowest BCUT2D eigenvalue weighted by Gasteiger charge is -2.14. The lowest BCUT2D eigenvalue weighted by Crippen LogP contribution is -2.24. The smallest absolute Gasteiger partial charge is 0.414 e. The van der Waals surface area contributed by atoms with Crippen molar-refractivity contribution in [3.8, 4) is 21.7 Å². The molecule has 1 aliphatic heterocycles. The fraction of sp³-hybridized carbons (Fsp3) is 0.150. The van der Waals surface area contributed by atoms with Gasteiger partial charge in [-0.05, 0) is 30.7 Å². The Morgan fingerprint density at radius 3 is 2.59 bits per heavy atom. The molecular weight excluding hydrogens is 367 g/mol. The molecule has 0 spiro atoms. The van der Waals surface area contributed by atoms with Gasteiger partial charge in [-0.3, -0.25) is 4.90 Å². The van der Waals surface area contributed by atoms with E-state index in [1.165, 1.54) is 22.3 Å². The zero-order chi connectivity index (χ0) is 19.0. The van der Waals surface area contributed by atoms with Gasteiger partial charge in [0.1, 0.15) is 16.9 Å². The number of nitrogens with zero attached hydrogens (tertiary/aromatic N) is 2. The van der Waals surface area contributed by atoms with Gasteiger partial charge in [0.05, 0.1) is 24.5 Å². The van der Waals surface area contributed by atoms with Crippen LogP contribution in [-0.4, -0.2) is 28.8 Å². The molecule has 27 heavy (non-hydrogen) atoms. The van der Waals surface area contributed by atoms with Gasteiger partial charge < -0.3 is 9.84 Å². The van der Waals surface area contributed by atoms with Gasteiger partial charge in [0.2, 0.25) is 0 Å². The summed E-state index contributed by atoms with van der Waals surface area (Å²) >= 11 is 1.45. The van der Waals surface area contributed by atoms with E-state index in [-0.39, 0.29) is 6.61 Å². The van der Waals surface area contributed by atoms with E-state index in [1.54, 1.807) is 17.5 Å². The van der Waals surface area contributed by atoms with Crippen molar-refractivity contribution >= 4 is 23.1 Å². The first kappa shape index (κ1) is 17.6. The number of cyclic esters (lactones) is 1. The fourth-order valence-electron chi connectivity index (χ4n) is 2.94. The molecule has 7 heteroatoms. The minimum absolute atomic E-state index is 0.0917. The molecule has 5 nitrogen and oxygen atoms in total. The number of aliphatic hydroxyl groups is 1. The monoisotopic (exact) mass is 383 g/mol. The first-order valence-electron chi connectivity index (χ1n) is 8.32. The molecule has 1 N–H and O–H groups in total. The Hall–Kier alpha value is -2.77. The molecule has 1 aromatic heterocycles. The van der Waals surface area contributed by atoms with E-state index in [0.717, 1.165) is 16.1 Å². The number of carbonyl (C=O) groups is 1. The van der Waals surface area contributed by atoms with Crippen LogP contribution in [0.5, 0.6) is 0 Å². The molecule has 2 aromatic carbocycles. The Morgan fingerprint density at radius 1 is 1.26 bits per heavy atom. The highest BCUT2D eigenvalue weighted by atomic mass is 32.1. The Labute approximate surface area is 159 Å². The molecule has 4 rings (SSSR count). The maximum atomic E-state index is 14.7. The Balaban J connectivity index is 1.59. The number of hydrogen-bond donors (Lipinski definition) is 1. The van der Waals surface area contributed by atoms with Crippen molar-refractivity contribution in [3.63, 3.8) is 0 Å². The molecule has 1 aliphatic rings. The van der Waals surface area contributed by atoms with Gasteiger partial charge in [0.25, 0.3) is 0 Å². The number of halogens is 1. The third-order valence-electron chi connectivity index (χ3n) is 4.30. The summed E-state index contributed by atoms with van der Waals surface area (Å²) in [6.45, 7) is 3.90. The van der Waals surface area contributed by atoms with E-state index < -0.39 is 18.0 Å². The van der Waals surface area contributed by atoms with Crippen LogP contribution in [0.15, 0.2) is 47.8 Å². The molecule has 2 heterocycles. The predicted molar refractivity (Wildman–Crippen MR) is 102 cm³/mol. The van der Waals surface area contributed by atoms with Gasteiger partial charge in [0.15, 0.2) is 0 Å². The minimum atomic E-state index is -0.516. The molecule has 0 unspecified atom stereocenters. The van der Waals surface area contributed by atoms with E-state index in [2.05, 4.69) is 11.9 Å². The summed E-state index contributed by atoms with van der Waals surface area (Å²) in [5.74, 6) is -0.419. The van der Waals surface area contributed by atoms with Gasteiger partial charge in [-0.15, -0.1) is 11.3 Å². The number of carbonyl (C=O) groups excluding carboxylic acids is 1. The van der Waals surface area contributed by atoms with Crippen molar-refractivity contribution < 1.29 is 19.0 Å². The van der Waals surface area contributed by atoms with Crippen molar-refractivity contribution in [1.82, 2.24) is 4.98 Å². The van der Waals surface area contributed by atoms with Crippen molar-refractivity contribution in [3.05, 3.63) is 66.3 Å². The van der Waals surface area contributed by atoms with Gasteiger partial charge in [-0.1, -0.05) is 24.3 Å². The highest BCUT2D eigenvalue weighted by Gasteiger charge is 2.29. The van der Waals surface area contributed by atoms with Crippen LogP contribution < -0.4 is 4.90 Å². The number of hydrogen-bond acceptors (Lipinski definition) is 5. The van der Waals surface area contributed by atoms with E-state index in [4.69, 9.17) is 9.84 Å². The topological polar surface area (TPSA) is 62.7 Å². The third kappa shape index (κ3) is 3.43. The summed E-state index contributed by atoms with van der Waals surface area (Å²) < 4.78 is 19.6. The first-order valence-corrected chi connectivity index (χ1v) is 9.20. The Kier molecular flexibility index (Phi) is 4.63. The normalized spacial score (nSPS) is 16.6. The van der Waals surface area contributed by atoms with Crippen LogP contribution in [0, 0.1) is 12.7 Å². The number of ether oxygens (including phenoxy) is 1. The van der Waals surface area contributed by atoms with E-state index in [1.807, 2.05) is 24.3 Å². The summed E-state index contributed by atoms with van der Waals surface area (Å²) in [6, 6.07) is 12.1. The summed E-state index contributed by atoms with van der Waals surface area (Å²) in [6.07, 6.45) is -0.970. The summed E-state index contributed by atoms with van der Waals surface area (Å²) in [5.41, 5.74) is 3.15. The number of anilines is 1. The molecule has 3 aromatic rings.